The molecule has 5 nitrogen and oxygen atoms in total. The number of nitrogens with zero attached hydrogens (tertiary/aromatic N) is 3. The van der Waals surface area contributed by atoms with Crippen LogP contribution < -0.4 is 4.90 Å². The molecule has 0 atom stereocenters. The topological polar surface area (TPSA) is 52.2 Å². The van der Waals surface area contributed by atoms with E-state index in [1.165, 1.54) is 12.1 Å². The van der Waals surface area contributed by atoms with Crippen molar-refractivity contribution in [2.45, 2.75) is 6.42 Å². The highest BCUT2D eigenvalue weighted by molar-refractivity contribution is 5.94. The Morgan fingerprint density at radius 3 is 2.52 bits per heavy atom. The zero-order chi connectivity index (χ0) is 18.6. The summed E-state index contributed by atoms with van der Waals surface area (Å²) in [6.45, 7) is 2.85. The molecule has 138 valence electrons. The summed E-state index contributed by atoms with van der Waals surface area (Å²) in [5.74, 6) is 0.509. The molecule has 1 aromatic heterocycles. The molecule has 2 heterocycles. The van der Waals surface area contributed by atoms with Gasteiger partial charge in [-0.25, -0.2) is 4.39 Å². The fourth-order valence-corrected chi connectivity index (χ4v) is 3.36. The molecule has 0 radical (unpaired) electrons. The van der Waals surface area contributed by atoms with E-state index in [0.717, 1.165) is 30.0 Å². The smallest absolute Gasteiger partial charge is 0.253 e. The van der Waals surface area contributed by atoms with E-state index in [9.17, 15) is 9.18 Å². The third-order valence-corrected chi connectivity index (χ3v) is 4.85. The van der Waals surface area contributed by atoms with Crippen LogP contribution in [0.4, 0.5) is 10.2 Å². The number of carbonyl (C=O) groups excluding carboxylic acids is 1. The molecule has 1 amide bonds. The minimum Gasteiger partial charge on any atom is -0.353 e. The number of anilines is 1. The van der Waals surface area contributed by atoms with Crippen molar-refractivity contribution >= 4 is 11.7 Å². The molecular weight excluding hydrogens is 343 g/mol. The zero-order valence-electron chi connectivity index (χ0n) is 14.9. The molecule has 0 spiro atoms. The lowest BCUT2D eigenvalue weighted by Gasteiger charge is -2.22. The van der Waals surface area contributed by atoms with Gasteiger partial charge in [-0.1, -0.05) is 30.3 Å². The van der Waals surface area contributed by atoms with Crippen molar-refractivity contribution in [1.82, 2.24) is 15.1 Å². The van der Waals surface area contributed by atoms with Gasteiger partial charge in [0.25, 0.3) is 5.91 Å². The molecule has 1 saturated heterocycles. The fraction of sp³-hybridized carbons (Fsp3) is 0.238. The normalized spacial score (nSPS) is 14.9. The van der Waals surface area contributed by atoms with Crippen LogP contribution in [0.3, 0.4) is 0 Å². The van der Waals surface area contributed by atoms with Crippen LogP contribution in [0.15, 0.2) is 60.7 Å². The molecule has 0 aliphatic carbocycles. The highest BCUT2D eigenvalue weighted by Gasteiger charge is 2.21. The summed E-state index contributed by atoms with van der Waals surface area (Å²) in [6.07, 6.45) is 0.862. The van der Waals surface area contributed by atoms with Crippen molar-refractivity contribution in [3.63, 3.8) is 0 Å². The monoisotopic (exact) mass is 364 g/mol. The van der Waals surface area contributed by atoms with Gasteiger partial charge in [-0.15, -0.1) is 0 Å². The van der Waals surface area contributed by atoms with Crippen molar-refractivity contribution in [2.75, 3.05) is 31.1 Å². The van der Waals surface area contributed by atoms with Crippen molar-refractivity contribution in [2.24, 2.45) is 0 Å². The third kappa shape index (κ3) is 3.84. The Balaban J connectivity index is 1.44. The second-order valence-corrected chi connectivity index (χ2v) is 6.65. The maximum atomic E-state index is 13.1. The molecule has 0 saturated carbocycles. The lowest BCUT2D eigenvalue weighted by atomic mass is 10.1. The molecule has 0 unspecified atom stereocenters. The number of rotatable bonds is 3. The first-order valence-corrected chi connectivity index (χ1v) is 9.11. The molecule has 1 aliphatic heterocycles. The van der Waals surface area contributed by atoms with Gasteiger partial charge in [0.05, 0.1) is 5.69 Å². The molecule has 2 aromatic carbocycles. The van der Waals surface area contributed by atoms with Gasteiger partial charge in [0, 0.05) is 37.8 Å². The number of hydrogen-bond acceptors (Lipinski definition) is 3. The number of nitrogens with one attached hydrogen (secondary N) is 1. The Morgan fingerprint density at radius 2 is 1.74 bits per heavy atom. The second-order valence-electron chi connectivity index (χ2n) is 6.65. The fourth-order valence-electron chi connectivity index (χ4n) is 3.36. The molecule has 1 fully saturated rings. The largest absolute Gasteiger partial charge is 0.353 e. The van der Waals surface area contributed by atoms with E-state index in [0.29, 0.717) is 25.2 Å². The van der Waals surface area contributed by atoms with Crippen molar-refractivity contribution < 1.29 is 9.18 Å². The van der Waals surface area contributed by atoms with Gasteiger partial charge in [-0.3, -0.25) is 9.89 Å². The molecule has 1 N–H and O–H groups in total. The Labute approximate surface area is 157 Å². The van der Waals surface area contributed by atoms with E-state index >= 15 is 0 Å². The Hall–Kier alpha value is -3.15. The number of carbonyl (C=O) groups is 1. The number of H-pyrrole nitrogens is 1. The minimum atomic E-state index is -0.332. The van der Waals surface area contributed by atoms with Gasteiger partial charge < -0.3 is 9.80 Å². The average molecular weight is 364 g/mol. The molecule has 6 heteroatoms. The summed E-state index contributed by atoms with van der Waals surface area (Å²) in [6, 6.07) is 17.9. The predicted molar refractivity (Wildman–Crippen MR) is 103 cm³/mol. The van der Waals surface area contributed by atoms with Crippen molar-refractivity contribution in [1.29, 1.82) is 0 Å². The minimum absolute atomic E-state index is 0.0520. The van der Waals surface area contributed by atoms with Gasteiger partial charge in [0.15, 0.2) is 5.82 Å². The molecule has 4 rings (SSSR count). The number of aromatic nitrogens is 2. The zero-order valence-corrected chi connectivity index (χ0v) is 14.9. The Bertz CT molecular complexity index is 907. The lowest BCUT2D eigenvalue weighted by molar-refractivity contribution is 0.0767. The SMILES string of the molecule is O=C(c1ccc(F)cc1)N1CCCN(c2cc(-c3ccccc3)[nH]n2)CC1. The molecule has 3 aromatic rings. The van der Waals surface area contributed by atoms with Crippen LogP contribution in [0.5, 0.6) is 0 Å². The summed E-state index contributed by atoms with van der Waals surface area (Å²) in [5, 5.41) is 7.55. The Morgan fingerprint density at radius 1 is 0.963 bits per heavy atom. The van der Waals surface area contributed by atoms with E-state index in [2.05, 4.69) is 15.1 Å². The number of amides is 1. The van der Waals surface area contributed by atoms with Crippen LogP contribution in [0.1, 0.15) is 16.8 Å². The van der Waals surface area contributed by atoms with Gasteiger partial charge >= 0.3 is 0 Å². The van der Waals surface area contributed by atoms with E-state index in [4.69, 9.17) is 0 Å². The molecular formula is C21H21FN4O. The number of halogens is 1. The number of hydrogen-bond donors (Lipinski definition) is 1. The standard InChI is InChI=1S/C21H21FN4O/c22-18-9-7-17(8-10-18)21(27)26-12-4-11-25(13-14-26)20-15-19(23-24-20)16-5-2-1-3-6-16/h1-3,5-10,15H,4,11-14H2,(H,23,24). The van der Waals surface area contributed by atoms with Gasteiger partial charge in [0.2, 0.25) is 0 Å². The van der Waals surface area contributed by atoms with Crippen LogP contribution in [0, 0.1) is 5.82 Å². The van der Waals surface area contributed by atoms with E-state index in [1.807, 2.05) is 41.3 Å². The summed E-state index contributed by atoms with van der Waals surface area (Å²) < 4.78 is 13.1. The second kappa shape index (κ2) is 7.61. The van der Waals surface area contributed by atoms with Gasteiger partial charge in [-0.2, -0.15) is 5.10 Å². The van der Waals surface area contributed by atoms with Gasteiger partial charge in [-0.05, 0) is 36.2 Å². The summed E-state index contributed by atoms with van der Waals surface area (Å²) >= 11 is 0. The number of aromatic amines is 1. The van der Waals surface area contributed by atoms with E-state index < -0.39 is 0 Å². The van der Waals surface area contributed by atoms with Crippen LogP contribution >= 0.6 is 0 Å². The number of benzene rings is 2. The molecule has 1 aliphatic rings. The molecule has 0 bridgehead atoms. The van der Waals surface area contributed by atoms with Crippen molar-refractivity contribution in [3.05, 3.63) is 72.0 Å². The molecule has 27 heavy (non-hydrogen) atoms. The van der Waals surface area contributed by atoms with Crippen LogP contribution in [-0.4, -0.2) is 47.2 Å². The van der Waals surface area contributed by atoms with Crippen LogP contribution in [0.2, 0.25) is 0 Å². The maximum Gasteiger partial charge on any atom is 0.253 e. The third-order valence-electron chi connectivity index (χ3n) is 4.85. The van der Waals surface area contributed by atoms with Crippen molar-refractivity contribution in [3.8, 4) is 11.3 Å². The first kappa shape index (κ1) is 17.3. The maximum absolute atomic E-state index is 13.1. The average Bonchev–Trinajstić information content (AvgIpc) is 3.07. The van der Waals surface area contributed by atoms with E-state index in [1.54, 1.807) is 12.1 Å². The summed E-state index contributed by atoms with van der Waals surface area (Å²) in [5.41, 5.74) is 2.60. The lowest BCUT2D eigenvalue weighted by Crippen LogP contribution is -2.35. The summed E-state index contributed by atoms with van der Waals surface area (Å²) in [7, 11) is 0. The highest BCUT2D eigenvalue weighted by Crippen LogP contribution is 2.22. The quantitative estimate of drug-likeness (QED) is 0.773. The van der Waals surface area contributed by atoms with Gasteiger partial charge in [0.1, 0.15) is 5.82 Å². The van der Waals surface area contributed by atoms with E-state index in [-0.39, 0.29) is 11.7 Å². The predicted octanol–water partition coefficient (Wildman–Crippen LogP) is 3.57. The summed E-state index contributed by atoms with van der Waals surface area (Å²) in [4.78, 5) is 16.7. The van der Waals surface area contributed by atoms with Crippen LogP contribution in [0.25, 0.3) is 11.3 Å². The first-order valence-electron chi connectivity index (χ1n) is 9.11. The van der Waals surface area contributed by atoms with Crippen LogP contribution in [-0.2, 0) is 0 Å². The Kier molecular flexibility index (Phi) is 4.87. The first-order chi connectivity index (χ1) is 13.2. The highest BCUT2D eigenvalue weighted by atomic mass is 19.1.